The van der Waals surface area contributed by atoms with E-state index in [9.17, 15) is 18.0 Å². The summed E-state index contributed by atoms with van der Waals surface area (Å²) >= 11 is 0. The van der Waals surface area contributed by atoms with Crippen LogP contribution in [-0.4, -0.2) is 17.2 Å². The Morgan fingerprint density at radius 1 is 1.00 bits per heavy atom. The number of nitrogens with one attached hydrogen (secondary N) is 1. The molecule has 1 aliphatic rings. The van der Waals surface area contributed by atoms with Gasteiger partial charge in [0.2, 0.25) is 0 Å². The lowest BCUT2D eigenvalue weighted by atomic mass is 9.90. The zero-order valence-corrected chi connectivity index (χ0v) is 16.7. The molecule has 0 unspecified atom stereocenters. The highest BCUT2D eigenvalue weighted by atomic mass is 19.1. The summed E-state index contributed by atoms with van der Waals surface area (Å²) < 4.78 is 47.4. The fourth-order valence-corrected chi connectivity index (χ4v) is 4.41. The third-order valence-corrected chi connectivity index (χ3v) is 5.97. The number of para-hydroxylation sites is 2. The summed E-state index contributed by atoms with van der Waals surface area (Å²) in [5.74, 6) is -2.83. The summed E-state index contributed by atoms with van der Waals surface area (Å²) in [6.45, 7) is 0.758. The largest absolute Gasteiger partial charge is 0.420 e. The van der Waals surface area contributed by atoms with Gasteiger partial charge in [-0.2, -0.15) is 0 Å². The maximum absolute atomic E-state index is 13.7. The van der Waals surface area contributed by atoms with E-state index >= 15 is 0 Å². The predicted molar refractivity (Wildman–Crippen MR) is 109 cm³/mol. The Balaban J connectivity index is 1.22. The number of rotatable bonds is 7. The molecule has 0 bridgehead atoms. The van der Waals surface area contributed by atoms with Crippen LogP contribution in [0.5, 0.6) is 0 Å². The van der Waals surface area contributed by atoms with Gasteiger partial charge < -0.3 is 9.73 Å². The molecule has 3 aromatic rings. The van der Waals surface area contributed by atoms with Gasteiger partial charge in [-0.15, -0.1) is 0 Å². The van der Waals surface area contributed by atoms with E-state index in [0.29, 0.717) is 18.0 Å². The fraction of sp³-hybridized carbons (Fsp3) is 0.435. The highest BCUT2D eigenvalue weighted by molar-refractivity contribution is 5.72. The molecule has 1 fully saturated rings. The van der Waals surface area contributed by atoms with Gasteiger partial charge in [0.1, 0.15) is 17.5 Å². The third-order valence-electron chi connectivity index (χ3n) is 5.97. The molecule has 30 heavy (non-hydrogen) atoms. The zero-order chi connectivity index (χ0) is 21.1. The molecule has 0 amide bonds. The topological polar surface area (TPSA) is 47.2 Å². The zero-order valence-electron chi connectivity index (χ0n) is 16.7. The molecule has 1 saturated carbocycles. The van der Waals surface area contributed by atoms with Gasteiger partial charge in [0.25, 0.3) is 0 Å². The number of unbranched alkanes of at least 4 members (excludes halogenated alkanes) is 1. The monoisotopic (exact) mass is 418 g/mol. The summed E-state index contributed by atoms with van der Waals surface area (Å²) in [6.07, 6.45) is 5.36. The molecule has 7 heteroatoms. The first-order valence-electron chi connectivity index (χ1n) is 10.5. The molecule has 4 nitrogen and oxygen atoms in total. The smallest absolute Gasteiger partial charge is 0.408 e. The van der Waals surface area contributed by atoms with Crippen LogP contribution < -0.4 is 11.1 Å². The van der Waals surface area contributed by atoms with Crippen LogP contribution in [0.15, 0.2) is 45.6 Å². The highest BCUT2D eigenvalue weighted by Crippen LogP contribution is 2.30. The van der Waals surface area contributed by atoms with Crippen LogP contribution in [0.4, 0.5) is 13.2 Å². The second kappa shape index (κ2) is 9.08. The number of fused-ring (bicyclic) bond motifs is 1. The molecule has 4 rings (SSSR count). The number of nitrogens with zero attached hydrogens (tertiary/aromatic N) is 1. The van der Waals surface area contributed by atoms with E-state index in [0.717, 1.165) is 56.3 Å². The van der Waals surface area contributed by atoms with Crippen molar-refractivity contribution in [2.75, 3.05) is 6.54 Å². The van der Waals surface area contributed by atoms with Crippen molar-refractivity contribution in [3.05, 3.63) is 70.0 Å². The lowest BCUT2D eigenvalue weighted by molar-refractivity contribution is 0.282. The van der Waals surface area contributed by atoms with Crippen LogP contribution in [0.2, 0.25) is 0 Å². The minimum Gasteiger partial charge on any atom is -0.408 e. The average molecular weight is 418 g/mol. The number of hydrogen-bond donors (Lipinski definition) is 1. The van der Waals surface area contributed by atoms with Crippen molar-refractivity contribution in [3.63, 3.8) is 0 Å². The van der Waals surface area contributed by atoms with Gasteiger partial charge in [-0.3, -0.25) is 4.57 Å². The van der Waals surface area contributed by atoms with Gasteiger partial charge in [0, 0.05) is 29.8 Å². The summed E-state index contributed by atoms with van der Waals surface area (Å²) in [7, 11) is 0. The Morgan fingerprint density at radius 2 is 1.70 bits per heavy atom. The maximum Gasteiger partial charge on any atom is 0.420 e. The second-order valence-corrected chi connectivity index (χ2v) is 7.97. The number of oxazole rings is 1. The van der Waals surface area contributed by atoms with Crippen molar-refractivity contribution in [1.29, 1.82) is 0 Å². The van der Waals surface area contributed by atoms with Crippen molar-refractivity contribution < 1.29 is 17.6 Å². The summed E-state index contributed by atoms with van der Waals surface area (Å²) in [6, 6.07) is 9.45. The van der Waals surface area contributed by atoms with Crippen LogP contribution >= 0.6 is 0 Å². The van der Waals surface area contributed by atoms with Crippen LogP contribution in [0.3, 0.4) is 0 Å². The van der Waals surface area contributed by atoms with Crippen LogP contribution in [-0.2, 0) is 6.42 Å². The minimum absolute atomic E-state index is 0.0466. The first-order valence-corrected chi connectivity index (χ1v) is 10.5. The molecule has 0 aliphatic heterocycles. The summed E-state index contributed by atoms with van der Waals surface area (Å²) in [4.78, 5) is 12.3. The van der Waals surface area contributed by atoms with E-state index in [1.165, 1.54) is 0 Å². The summed E-state index contributed by atoms with van der Waals surface area (Å²) in [5, 5.41) is 3.51. The molecule has 1 aliphatic carbocycles. The van der Waals surface area contributed by atoms with Crippen molar-refractivity contribution >= 4 is 11.1 Å². The van der Waals surface area contributed by atoms with Crippen LogP contribution in [0, 0.1) is 17.5 Å². The number of hydrogen-bond acceptors (Lipinski definition) is 3. The molecule has 0 radical (unpaired) electrons. The normalized spacial score (nSPS) is 19.4. The molecular formula is C23H25F3N2O2. The number of aromatic nitrogens is 1. The van der Waals surface area contributed by atoms with Crippen molar-refractivity contribution in [3.8, 4) is 0 Å². The van der Waals surface area contributed by atoms with Gasteiger partial charge >= 0.3 is 5.76 Å². The van der Waals surface area contributed by atoms with E-state index < -0.39 is 17.5 Å². The summed E-state index contributed by atoms with van der Waals surface area (Å²) in [5.41, 5.74) is 1.42. The first-order chi connectivity index (χ1) is 14.5. The second-order valence-electron chi connectivity index (χ2n) is 7.97. The Hall–Kier alpha value is -2.54. The predicted octanol–water partition coefficient (Wildman–Crippen LogP) is 5.11. The molecule has 0 atom stereocenters. The maximum atomic E-state index is 13.7. The first kappa shape index (κ1) is 20.7. The molecule has 1 N–H and O–H groups in total. The number of halogens is 3. The quantitative estimate of drug-likeness (QED) is 0.543. The Kier molecular flexibility index (Phi) is 6.27. The van der Waals surface area contributed by atoms with Crippen molar-refractivity contribution in [2.24, 2.45) is 0 Å². The van der Waals surface area contributed by atoms with Crippen LogP contribution in [0.1, 0.15) is 50.1 Å². The number of benzene rings is 2. The molecule has 1 heterocycles. The van der Waals surface area contributed by atoms with Crippen LogP contribution in [0.25, 0.3) is 11.1 Å². The lowest BCUT2D eigenvalue weighted by Gasteiger charge is -2.29. The van der Waals surface area contributed by atoms with E-state index in [1.54, 1.807) is 4.57 Å². The average Bonchev–Trinajstić information content (AvgIpc) is 3.05. The van der Waals surface area contributed by atoms with Crippen molar-refractivity contribution in [1.82, 2.24) is 9.88 Å². The Bertz CT molecular complexity index is 1040. The molecule has 160 valence electrons. The third kappa shape index (κ3) is 4.46. The van der Waals surface area contributed by atoms with Gasteiger partial charge in [-0.25, -0.2) is 18.0 Å². The molecule has 0 spiro atoms. The van der Waals surface area contributed by atoms with Gasteiger partial charge in [-0.1, -0.05) is 12.1 Å². The van der Waals surface area contributed by atoms with Gasteiger partial charge in [0.15, 0.2) is 5.58 Å². The van der Waals surface area contributed by atoms with E-state index in [4.69, 9.17) is 4.42 Å². The standard InChI is InChI=1S/C23H25F3N2O2/c24-15-13-19(25)18(20(26)14-15)5-3-4-12-27-16-8-10-17(11-9-16)28-21-6-1-2-7-22(21)30-23(28)29/h1-2,6-7,13-14,16-17,27H,3-5,8-12H2. The molecule has 0 saturated heterocycles. The van der Waals surface area contributed by atoms with Gasteiger partial charge in [-0.05, 0) is 63.6 Å². The Morgan fingerprint density at radius 3 is 2.43 bits per heavy atom. The van der Waals surface area contributed by atoms with E-state index in [-0.39, 0.29) is 23.8 Å². The fourth-order valence-electron chi connectivity index (χ4n) is 4.41. The van der Waals surface area contributed by atoms with E-state index in [1.807, 2.05) is 24.3 Å². The molecule has 1 aromatic heterocycles. The SMILES string of the molecule is O=c1oc2ccccc2n1C1CCC(NCCCCc2c(F)cc(F)cc2F)CC1. The molecular weight excluding hydrogens is 393 g/mol. The lowest BCUT2D eigenvalue weighted by Crippen LogP contribution is -2.35. The minimum atomic E-state index is -0.892. The highest BCUT2D eigenvalue weighted by Gasteiger charge is 2.25. The van der Waals surface area contributed by atoms with E-state index in [2.05, 4.69) is 5.32 Å². The Labute approximate surface area is 172 Å². The molecule has 2 aromatic carbocycles. The van der Waals surface area contributed by atoms with Crippen molar-refractivity contribution in [2.45, 2.75) is 57.0 Å². The van der Waals surface area contributed by atoms with Gasteiger partial charge in [0.05, 0.1) is 5.52 Å².